The van der Waals surface area contributed by atoms with E-state index < -0.39 is 5.97 Å². The van der Waals surface area contributed by atoms with Crippen LogP contribution in [0.3, 0.4) is 0 Å². The number of anilines is 1. The fourth-order valence-corrected chi connectivity index (χ4v) is 4.32. The molecule has 156 valence electrons. The SMILES string of the molecule is Cc1cc(C(=O)O)c(-c2ncc3ccsc3n2)cc1NCCc1ccc2c(c1)OCO2. The van der Waals surface area contributed by atoms with Gasteiger partial charge in [-0.1, -0.05) is 6.07 Å². The van der Waals surface area contributed by atoms with Crippen molar-refractivity contribution >= 4 is 33.2 Å². The average molecular weight is 433 g/mol. The van der Waals surface area contributed by atoms with Crippen molar-refractivity contribution in [3.8, 4) is 22.9 Å². The van der Waals surface area contributed by atoms with Gasteiger partial charge in [0.25, 0.3) is 0 Å². The summed E-state index contributed by atoms with van der Waals surface area (Å²) in [5, 5.41) is 16.0. The Morgan fingerprint density at radius 1 is 1.19 bits per heavy atom. The van der Waals surface area contributed by atoms with Gasteiger partial charge in [-0.15, -0.1) is 11.3 Å². The van der Waals surface area contributed by atoms with Crippen LogP contribution in [-0.4, -0.2) is 34.4 Å². The molecule has 0 saturated heterocycles. The van der Waals surface area contributed by atoms with Gasteiger partial charge in [-0.2, -0.15) is 0 Å². The molecule has 0 radical (unpaired) electrons. The number of aryl methyl sites for hydroxylation is 1. The van der Waals surface area contributed by atoms with E-state index in [-0.39, 0.29) is 12.4 Å². The number of aromatic carboxylic acids is 1. The van der Waals surface area contributed by atoms with Crippen LogP contribution >= 0.6 is 11.3 Å². The van der Waals surface area contributed by atoms with Crippen molar-refractivity contribution in [3.05, 3.63) is 64.7 Å². The van der Waals surface area contributed by atoms with Crippen molar-refractivity contribution in [2.45, 2.75) is 13.3 Å². The fraction of sp³-hybridized carbons (Fsp3) is 0.174. The first kappa shape index (κ1) is 19.3. The van der Waals surface area contributed by atoms with Gasteiger partial charge < -0.3 is 19.9 Å². The summed E-state index contributed by atoms with van der Waals surface area (Å²) in [7, 11) is 0. The fourth-order valence-electron chi connectivity index (χ4n) is 3.58. The molecule has 5 rings (SSSR count). The minimum Gasteiger partial charge on any atom is -0.478 e. The maximum atomic E-state index is 11.9. The zero-order valence-corrected chi connectivity index (χ0v) is 17.5. The van der Waals surface area contributed by atoms with Crippen LogP contribution in [0.15, 0.2) is 48.0 Å². The summed E-state index contributed by atoms with van der Waals surface area (Å²) in [5.41, 5.74) is 3.52. The third-order valence-electron chi connectivity index (χ3n) is 5.21. The second-order valence-corrected chi connectivity index (χ2v) is 8.15. The molecule has 0 fully saturated rings. The van der Waals surface area contributed by atoms with E-state index in [0.29, 0.717) is 17.9 Å². The van der Waals surface area contributed by atoms with Crippen molar-refractivity contribution < 1.29 is 19.4 Å². The monoisotopic (exact) mass is 433 g/mol. The molecule has 0 atom stereocenters. The Balaban J connectivity index is 1.40. The summed E-state index contributed by atoms with van der Waals surface area (Å²) in [5.74, 6) is 0.943. The lowest BCUT2D eigenvalue weighted by molar-refractivity contribution is 0.0697. The highest BCUT2D eigenvalue weighted by Crippen LogP contribution is 2.33. The number of ether oxygens (including phenoxy) is 2. The number of rotatable bonds is 6. The molecule has 0 amide bonds. The summed E-state index contributed by atoms with van der Waals surface area (Å²) in [6.07, 6.45) is 2.51. The second-order valence-electron chi connectivity index (χ2n) is 7.26. The van der Waals surface area contributed by atoms with E-state index in [2.05, 4.69) is 15.3 Å². The van der Waals surface area contributed by atoms with Crippen LogP contribution in [-0.2, 0) is 6.42 Å². The molecule has 3 heterocycles. The molecular weight excluding hydrogens is 414 g/mol. The number of hydrogen-bond donors (Lipinski definition) is 2. The number of carboxylic acid groups (broad SMARTS) is 1. The highest BCUT2D eigenvalue weighted by Gasteiger charge is 2.18. The summed E-state index contributed by atoms with van der Waals surface area (Å²) < 4.78 is 10.8. The predicted molar refractivity (Wildman–Crippen MR) is 119 cm³/mol. The van der Waals surface area contributed by atoms with Gasteiger partial charge in [0.05, 0.1) is 5.56 Å². The lowest BCUT2D eigenvalue weighted by atomic mass is 10.0. The number of carbonyl (C=O) groups is 1. The van der Waals surface area contributed by atoms with Gasteiger partial charge in [-0.05, 0) is 60.2 Å². The van der Waals surface area contributed by atoms with Crippen molar-refractivity contribution in [2.75, 3.05) is 18.7 Å². The van der Waals surface area contributed by atoms with Gasteiger partial charge in [-0.3, -0.25) is 0 Å². The number of fused-ring (bicyclic) bond motifs is 2. The summed E-state index contributed by atoms with van der Waals surface area (Å²) in [4.78, 5) is 21.7. The third-order valence-corrected chi connectivity index (χ3v) is 6.03. The first-order valence-corrected chi connectivity index (χ1v) is 10.7. The van der Waals surface area contributed by atoms with Crippen molar-refractivity contribution in [1.82, 2.24) is 9.97 Å². The van der Waals surface area contributed by atoms with Crippen LogP contribution in [0.5, 0.6) is 11.5 Å². The second kappa shape index (κ2) is 7.88. The number of hydrogen-bond acceptors (Lipinski definition) is 7. The zero-order valence-electron chi connectivity index (χ0n) is 16.7. The lowest BCUT2D eigenvalue weighted by Gasteiger charge is -2.14. The van der Waals surface area contributed by atoms with Crippen molar-refractivity contribution in [1.29, 1.82) is 0 Å². The smallest absolute Gasteiger partial charge is 0.336 e. The molecule has 1 aliphatic heterocycles. The van der Waals surface area contributed by atoms with Gasteiger partial charge in [0.1, 0.15) is 4.83 Å². The Hall–Kier alpha value is -3.65. The minimum absolute atomic E-state index is 0.190. The number of carboxylic acids is 1. The maximum Gasteiger partial charge on any atom is 0.336 e. The van der Waals surface area contributed by atoms with Gasteiger partial charge >= 0.3 is 5.97 Å². The van der Waals surface area contributed by atoms with Crippen LogP contribution in [0.2, 0.25) is 0 Å². The summed E-state index contributed by atoms with van der Waals surface area (Å²) in [6.45, 7) is 2.83. The maximum absolute atomic E-state index is 11.9. The molecule has 7 nitrogen and oxygen atoms in total. The molecule has 2 N–H and O–H groups in total. The first-order chi connectivity index (χ1) is 15.1. The molecule has 0 spiro atoms. The molecule has 0 aliphatic carbocycles. The Labute approximate surface area is 182 Å². The van der Waals surface area contributed by atoms with E-state index in [0.717, 1.165) is 45.0 Å². The molecule has 0 bridgehead atoms. The van der Waals surface area contributed by atoms with Crippen LogP contribution in [0.1, 0.15) is 21.5 Å². The van der Waals surface area contributed by atoms with Gasteiger partial charge in [-0.25, -0.2) is 14.8 Å². The van der Waals surface area contributed by atoms with E-state index in [1.165, 1.54) is 11.3 Å². The van der Waals surface area contributed by atoms with E-state index in [9.17, 15) is 9.90 Å². The van der Waals surface area contributed by atoms with Gasteiger partial charge in [0.15, 0.2) is 17.3 Å². The standard InChI is InChI=1S/C23H19N3O4S/c1-13-8-17(23(27)28)16(21-25-11-15-5-7-31-22(15)26-21)10-18(13)24-6-4-14-2-3-19-20(9-14)30-12-29-19/h2-3,5,7-11,24H,4,6,12H2,1H3,(H,27,28). The highest BCUT2D eigenvalue weighted by atomic mass is 32.1. The Morgan fingerprint density at radius 2 is 2.06 bits per heavy atom. The molecule has 2 aromatic carbocycles. The number of nitrogens with zero attached hydrogens (tertiary/aromatic N) is 2. The van der Waals surface area contributed by atoms with Crippen LogP contribution in [0.4, 0.5) is 5.69 Å². The Kier molecular flexibility index (Phi) is 4.91. The van der Waals surface area contributed by atoms with Crippen molar-refractivity contribution in [2.24, 2.45) is 0 Å². The third kappa shape index (κ3) is 3.77. The van der Waals surface area contributed by atoms with Gasteiger partial charge in [0.2, 0.25) is 6.79 Å². The molecule has 0 saturated carbocycles. The molecule has 4 aromatic rings. The van der Waals surface area contributed by atoms with E-state index in [4.69, 9.17) is 9.47 Å². The molecular formula is C23H19N3O4S. The number of nitrogens with one attached hydrogen (secondary N) is 1. The van der Waals surface area contributed by atoms with Gasteiger partial charge in [0, 0.05) is 29.4 Å². The Morgan fingerprint density at radius 3 is 2.94 bits per heavy atom. The summed E-state index contributed by atoms with van der Waals surface area (Å²) in [6, 6.07) is 11.4. The Bertz CT molecular complexity index is 1300. The minimum atomic E-state index is -1.00. The highest BCUT2D eigenvalue weighted by molar-refractivity contribution is 7.16. The zero-order chi connectivity index (χ0) is 21.4. The molecule has 31 heavy (non-hydrogen) atoms. The molecule has 2 aromatic heterocycles. The number of thiophene rings is 1. The van der Waals surface area contributed by atoms with Crippen LogP contribution < -0.4 is 14.8 Å². The van der Waals surface area contributed by atoms with E-state index >= 15 is 0 Å². The lowest BCUT2D eigenvalue weighted by Crippen LogP contribution is -2.09. The van der Waals surface area contributed by atoms with Crippen LogP contribution in [0, 0.1) is 6.92 Å². The average Bonchev–Trinajstić information content (AvgIpc) is 3.42. The predicted octanol–water partition coefficient (Wildman–Crippen LogP) is 4.75. The number of aromatic nitrogens is 2. The molecule has 0 unspecified atom stereocenters. The van der Waals surface area contributed by atoms with E-state index in [1.807, 2.05) is 42.6 Å². The molecule has 8 heteroatoms. The van der Waals surface area contributed by atoms with E-state index in [1.54, 1.807) is 12.3 Å². The first-order valence-electron chi connectivity index (χ1n) is 9.79. The summed E-state index contributed by atoms with van der Waals surface area (Å²) >= 11 is 1.50. The van der Waals surface area contributed by atoms with Crippen LogP contribution in [0.25, 0.3) is 21.6 Å². The largest absolute Gasteiger partial charge is 0.478 e. The number of benzene rings is 2. The molecule has 1 aliphatic rings. The van der Waals surface area contributed by atoms with Crippen molar-refractivity contribution in [3.63, 3.8) is 0 Å². The topological polar surface area (TPSA) is 93.6 Å². The quantitative estimate of drug-likeness (QED) is 0.453. The normalized spacial score (nSPS) is 12.3.